The van der Waals surface area contributed by atoms with Crippen molar-refractivity contribution in [3.05, 3.63) is 42.1 Å². The Morgan fingerprint density at radius 1 is 1.28 bits per heavy atom. The van der Waals surface area contributed by atoms with E-state index in [0.29, 0.717) is 5.88 Å². The quantitative estimate of drug-likeness (QED) is 0.479. The van der Waals surface area contributed by atoms with Gasteiger partial charge in [-0.2, -0.15) is 0 Å². The molecular formula is C14H18ClN3. The second-order valence-electron chi connectivity index (χ2n) is 4.39. The van der Waals surface area contributed by atoms with Gasteiger partial charge in [0.1, 0.15) is 0 Å². The average Bonchev–Trinajstić information content (AvgIpc) is 2.43. The molecule has 3 N–H and O–H groups in total. The number of aromatic nitrogens is 1. The molecule has 1 aromatic carbocycles. The van der Waals surface area contributed by atoms with E-state index in [1.54, 1.807) is 0 Å². The minimum atomic E-state index is 0.259. The van der Waals surface area contributed by atoms with Gasteiger partial charge in [0.25, 0.3) is 0 Å². The average molecular weight is 264 g/mol. The number of nitrogens with zero attached hydrogens (tertiary/aromatic N) is 1. The molecule has 1 aromatic heterocycles. The molecule has 0 aliphatic carbocycles. The summed E-state index contributed by atoms with van der Waals surface area (Å²) in [5.41, 5.74) is 5.18. The van der Waals surface area contributed by atoms with Crippen LogP contribution in [0.2, 0.25) is 0 Å². The molecule has 4 heteroatoms. The number of alkyl halides is 1. The van der Waals surface area contributed by atoms with E-state index < -0.39 is 0 Å². The Balaban J connectivity index is 2.19. The number of pyridine rings is 1. The summed E-state index contributed by atoms with van der Waals surface area (Å²) in [7, 11) is 0. The molecule has 0 aliphatic rings. The van der Waals surface area contributed by atoms with Crippen molar-refractivity contribution < 1.29 is 0 Å². The Bertz CT molecular complexity index is 496. The van der Waals surface area contributed by atoms with Crippen LogP contribution in [0.25, 0.3) is 10.9 Å². The lowest BCUT2D eigenvalue weighted by Crippen LogP contribution is -2.36. The van der Waals surface area contributed by atoms with Gasteiger partial charge in [0.2, 0.25) is 0 Å². The standard InChI is InChI=1S/C14H18ClN3/c15-8-3-4-12(18-16)10-11-7-9-17-14-6-2-1-5-13(11)14/h1-2,5-7,9,12,18H,3-4,8,10,16H2. The maximum absolute atomic E-state index is 5.72. The molecule has 0 aliphatic heterocycles. The molecule has 0 fully saturated rings. The van der Waals surface area contributed by atoms with Crippen LogP contribution in [-0.4, -0.2) is 16.9 Å². The topological polar surface area (TPSA) is 50.9 Å². The lowest BCUT2D eigenvalue weighted by molar-refractivity contribution is 0.488. The van der Waals surface area contributed by atoms with E-state index in [2.05, 4.69) is 22.5 Å². The summed E-state index contributed by atoms with van der Waals surface area (Å²) in [5.74, 6) is 6.27. The SMILES string of the molecule is NNC(CCCCl)Cc1ccnc2ccccc12. The summed E-state index contributed by atoms with van der Waals surface area (Å²) in [4.78, 5) is 4.36. The van der Waals surface area contributed by atoms with E-state index >= 15 is 0 Å². The number of benzene rings is 1. The van der Waals surface area contributed by atoms with Crippen molar-refractivity contribution in [1.29, 1.82) is 0 Å². The zero-order chi connectivity index (χ0) is 12.8. The van der Waals surface area contributed by atoms with Gasteiger partial charge < -0.3 is 0 Å². The molecule has 1 heterocycles. The number of para-hydroxylation sites is 1. The number of nitrogens with two attached hydrogens (primary N) is 1. The van der Waals surface area contributed by atoms with Gasteiger partial charge in [0.05, 0.1) is 5.52 Å². The Morgan fingerprint density at radius 2 is 2.11 bits per heavy atom. The van der Waals surface area contributed by atoms with E-state index in [0.717, 1.165) is 24.8 Å². The van der Waals surface area contributed by atoms with Crippen molar-refractivity contribution in [3.8, 4) is 0 Å². The van der Waals surface area contributed by atoms with Crippen molar-refractivity contribution in [3.63, 3.8) is 0 Å². The fourth-order valence-corrected chi connectivity index (χ4v) is 2.32. The van der Waals surface area contributed by atoms with E-state index in [1.165, 1.54) is 10.9 Å². The van der Waals surface area contributed by atoms with Crippen molar-refractivity contribution in [2.45, 2.75) is 25.3 Å². The molecule has 18 heavy (non-hydrogen) atoms. The zero-order valence-electron chi connectivity index (χ0n) is 10.3. The molecular weight excluding hydrogens is 246 g/mol. The number of nitrogens with one attached hydrogen (secondary N) is 1. The van der Waals surface area contributed by atoms with Gasteiger partial charge in [-0.1, -0.05) is 18.2 Å². The van der Waals surface area contributed by atoms with E-state index in [4.69, 9.17) is 17.4 Å². The van der Waals surface area contributed by atoms with Gasteiger partial charge in [0, 0.05) is 23.5 Å². The molecule has 2 rings (SSSR count). The highest BCUT2D eigenvalue weighted by molar-refractivity contribution is 6.17. The number of halogens is 1. The first-order valence-electron chi connectivity index (χ1n) is 6.20. The summed E-state index contributed by atoms with van der Waals surface area (Å²) < 4.78 is 0. The molecule has 2 aromatic rings. The molecule has 0 spiro atoms. The van der Waals surface area contributed by atoms with Crippen LogP contribution in [0.5, 0.6) is 0 Å². The van der Waals surface area contributed by atoms with E-state index in [1.807, 2.05) is 24.4 Å². The van der Waals surface area contributed by atoms with Crippen molar-refractivity contribution in [2.75, 3.05) is 5.88 Å². The van der Waals surface area contributed by atoms with Crippen LogP contribution in [0, 0.1) is 0 Å². The minimum Gasteiger partial charge on any atom is -0.271 e. The van der Waals surface area contributed by atoms with Crippen LogP contribution < -0.4 is 11.3 Å². The summed E-state index contributed by atoms with van der Waals surface area (Å²) in [6.07, 6.45) is 4.71. The third kappa shape index (κ3) is 3.19. The molecule has 0 radical (unpaired) electrons. The maximum atomic E-state index is 5.72. The van der Waals surface area contributed by atoms with E-state index in [9.17, 15) is 0 Å². The first-order chi connectivity index (χ1) is 8.85. The molecule has 96 valence electrons. The second kappa shape index (κ2) is 6.69. The van der Waals surface area contributed by atoms with Crippen LogP contribution in [-0.2, 0) is 6.42 Å². The molecule has 0 amide bonds. The van der Waals surface area contributed by atoms with Crippen molar-refractivity contribution >= 4 is 22.5 Å². The third-order valence-electron chi connectivity index (χ3n) is 3.13. The van der Waals surface area contributed by atoms with Gasteiger partial charge >= 0.3 is 0 Å². The number of hydrogen-bond acceptors (Lipinski definition) is 3. The van der Waals surface area contributed by atoms with Gasteiger partial charge in [-0.15, -0.1) is 11.6 Å². The monoisotopic (exact) mass is 263 g/mol. The minimum absolute atomic E-state index is 0.259. The van der Waals surface area contributed by atoms with Crippen LogP contribution in [0.3, 0.4) is 0 Å². The first kappa shape index (κ1) is 13.3. The van der Waals surface area contributed by atoms with Crippen molar-refractivity contribution in [1.82, 2.24) is 10.4 Å². The maximum Gasteiger partial charge on any atom is 0.0704 e. The third-order valence-corrected chi connectivity index (χ3v) is 3.39. The molecule has 1 atom stereocenters. The second-order valence-corrected chi connectivity index (χ2v) is 4.76. The van der Waals surface area contributed by atoms with Crippen LogP contribution >= 0.6 is 11.6 Å². The van der Waals surface area contributed by atoms with Gasteiger partial charge in [-0.05, 0) is 37.0 Å². The highest BCUT2D eigenvalue weighted by Gasteiger charge is 2.09. The molecule has 0 saturated heterocycles. The highest BCUT2D eigenvalue weighted by atomic mass is 35.5. The summed E-state index contributed by atoms with van der Waals surface area (Å²) in [6, 6.07) is 10.5. The normalized spacial score (nSPS) is 12.8. The molecule has 1 unspecified atom stereocenters. The van der Waals surface area contributed by atoms with Crippen LogP contribution in [0.1, 0.15) is 18.4 Å². The zero-order valence-corrected chi connectivity index (χ0v) is 11.0. The number of hydrazine groups is 1. The van der Waals surface area contributed by atoms with Gasteiger partial charge in [0.15, 0.2) is 0 Å². The number of rotatable bonds is 6. The first-order valence-corrected chi connectivity index (χ1v) is 6.73. The number of fused-ring (bicyclic) bond motifs is 1. The lowest BCUT2D eigenvalue weighted by atomic mass is 9.99. The Morgan fingerprint density at radius 3 is 2.89 bits per heavy atom. The summed E-state index contributed by atoms with van der Waals surface area (Å²) >= 11 is 5.72. The Labute approximate surface area is 112 Å². The lowest BCUT2D eigenvalue weighted by Gasteiger charge is -2.16. The molecule has 3 nitrogen and oxygen atoms in total. The molecule has 0 bridgehead atoms. The van der Waals surface area contributed by atoms with Crippen molar-refractivity contribution in [2.24, 2.45) is 5.84 Å². The Kier molecular flexibility index (Phi) is 4.93. The van der Waals surface area contributed by atoms with Crippen LogP contribution in [0.15, 0.2) is 36.5 Å². The summed E-state index contributed by atoms with van der Waals surface area (Å²) in [5, 5.41) is 1.20. The molecule has 0 saturated carbocycles. The van der Waals surface area contributed by atoms with Gasteiger partial charge in [-0.3, -0.25) is 16.3 Å². The summed E-state index contributed by atoms with van der Waals surface area (Å²) in [6.45, 7) is 0. The predicted molar refractivity (Wildman–Crippen MR) is 76.5 cm³/mol. The smallest absolute Gasteiger partial charge is 0.0704 e. The van der Waals surface area contributed by atoms with E-state index in [-0.39, 0.29) is 6.04 Å². The highest BCUT2D eigenvalue weighted by Crippen LogP contribution is 2.18. The number of hydrogen-bond donors (Lipinski definition) is 2. The largest absolute Gasteiger partial charge is 0.271 e. The Hall–Kier alpha value is -1.16. The van der Waals surface area contributed by atoms with Crippen LogP contribution in [0.4, 0.5) is 0 Å². The fraction of sp³-hybridized carbons (Fsp3) is 0.357. The fourth-order valence-electron chi connectivity index (χ4n) is 2.17. The predicted octanol–water partition coefficient (Wildman–Crippen LogP) is 2.63. The van der Waals surface area contributed by atoms with Gasteiger partial charge in [-0.25, -0.2) is 0 Å².